The van der Waals surface area contributed by atoms with E-state index in [0.717, 1.165) is 29.7 Å². The van der Waals surface area contributed by atoms with Gasteiger partial charge in [-0.05, 0) is 44.4 Å². The summed E-state index contributed by atoms with van der Waals surface area (Å²) < 4.78 is 17.2. The summed E-state index contributed by atoms with van der Waals surface area (Å²) in [7, 11) is 0. The zero-order valence-electron chi connectivity index (χ0n) is 11.5. The van der Waals surface area contributed by atoms with Gasteiger partial charge in [0.25, 0.3) is 0 Å². The number of alkyl halides is 1. The summed E-state index contributed by atoms with van der Waals surface area (Å²) in [6.45, 7) is 5.32. The van der Waals surface area contributed by atoms with Gasteiger partial charge >= 0.3 is 0 Å². The van der Waals surface area contributed by atoms with Gasteiger partial charge in [0.05, 0.1) is 18.8 Å². The third-order valence-corrected chi connectivity index (χ3v) is 3.85. The van der Waals surface area contributed by atoms with Crippen molar-refractivity contribution in [3.63, 3.8) is 0 Å². The van der Waals surface area contributed by atoms with Gasteiger partial charge in [-0.25, -0.2) is 0 Å². The normalized spacial score (nSPS) is 22.5. The van der Waals surface area contributed by atoms with Crippen molar-refractivity contribution in [2.75, 3.05) is 13.2 Å². The summed E-state index contributed by atoms with van der Waals surface area (Å²) >= 11 is 3.45. The minimum Gasteiger partial charge on any atom is -0.490 e. The van der Waals surface area contributed by atoms with Crippen molar-refractivity contribution in [3.05, 3.63) is 23.8 Å². The lowest BCUT2D eigenvalue weighted by atomic mass is 10.2. The highest BCUT2D eigenvalue weighted by Gasteiger charge is 2.22. The fraction of sp³-hybridized carbons (Fsp3) is 0.600. The lowest BCUT2D eigenvalue weighted by molar-refractivity contribution is 0.0258. The standard InChI is InChI=1S/C15H21BrO3/c1-3-17-15-8-12(9-16)5-7-14(15)18-10-13-6-4-11(2)19-13/h5,7-8,11,13H,3-4,6,9-10H2,1-2H3. The third-order valence-electron chi connectivity index (χ3n) is 3.21. The molecule has 3 nitrogen and oxygen atoms in total. The van der Waals surface area contributed by atoms with E-state index >= 15 is 0 Å². The number of hydrogen-bond acceptors (Lipinski definition) is 3. The van der Waals surface area contributed by atoms with Gasteiger partial charge in [-0.3, -0.25) is 0 Å². The van der Waals surface area contributed by atoms with Crippen LogP contribution in [-0.4, -0.2) is 25.4 Å². The molecule has 106 valence electrons. The molecule has 1 aromatic carbocycles. The molecule has 0 radical (unpaired) electrons. The third kappa shape index (κ3) is 4.11. The quantitative estimate of drug-likeness (QED) is 0.740. The van der Waals surface area contributed by atoms with Crippen LogP contribution in [0.4, 0.5) is 0 Å². The van der Waals surface area contributed by atoms with E-state index in [9.17, 15) is 0 Å². The molecule has 0 aliphatic carbocycles. The highest BCUT2D eigenvalue weighted by atomic mass is 79.9. The van der Waals surface area contributed by atoms with Crippen molar-refractivity contribution in [2.24, 2.45) is 0 Å². The monoisotopic (exact) mass is 328 g/mol. The Labute approximate surface area is 123 Å². The fourth-order valence-corrected chi connectivity index (χ4v) is 2.56. The zero-order chi connectivity index (χ0) is 13.7. The summed E-state index contributed by atoms with van der Waals surface area (Å²) in [6, 6.07) is 6.04. The van der Waals surface area contributed by atoms with Gasteiger partial charge in [0.1, 0.15) is 6.61 Å². The molecule has 0 bridgehead atoms. The van der Waals surface area contributed by atoms with Crippen LogP contribution in [0.5, 0.6) is 11.5 Å². The summed E-state index contributed by atoms with van der Waals surface area (Å²) in [4.78, 5) is 0. The van der Waals surface area contributed by atoms with E-state index in [4.69, 9.17) is 14.2 Å². The molecule has 1 heterocycles. The molecule has 1 aliphatic rings. The number of ether oxygens (including phenoxy) is 3. The molecule has 19 heavy (non-hydrogen) atoms. The number of hydrogen-bond donors (Lipinski definition) is 0. The summed E-state index contributed by atoms with van der Waals surface area (Å²) in [5.41, 5.74) is 1.18. The van der Waals surface area contributed by atoms with Crippen molar-refractivity contribution < 1.29 is 14.2 Å². The summed E-state index contributed by atoms with van der Waals surface area (Å²) in [6.07, 6.45) is 2.76. The van der Waals surface area contributed by atoms with Crippen LogP contribution in [0.3, 0.4) is 0 Å². The van der Waals surface area contributed by atoms with Crippen LogP contribution in [0.2, 0.25) is 0 Å². The van der Waals surface area contributed by atoms with Crippen molar-refractivity contribution >= 4 is 15.9 Å². The predicted molar refractivity (Wildman–Crippen MR) is 79.3 cm³/mol. The molecule has 2 unspecified atom stereocenters. The maximum Gasteiger partial charge on any atom is 0.161 e. The van der Waals surface area contributed by atoms with E-state index < -0.39 is 0 Å². The molecule has 1 aliphatic heterocycles. The lowest BCUT2D eigenvalue weighted by Gasteiger charge is -2.16. The Hall–Kier alpha value is -0.740. The largest absolute Gasteiger partial charge is 0.490 e. The van der Waals surface area contributed by atoms with Crippen LogP contribution in [0.15, 0.2) is 18.2 Å². The van der Waals surface area contributed by atoms with E-state index in [1.807, 2.05) is 25.1 Å². The maximum absolute atomic E-state index is 5.86. The fourth-order valence-electron chi connectivity index (χ4n) is 2.21. The van der Waals surface area contributed by atoms with Crippen LogP contribution < -0.4 is 9.47 Å². The first kappa shape index (κ1) is 14.7. The number of rotatable bonds is 6. The van der Waals surface area contributed by atoms with Crippen LogP contribution in [-0.2, 0) is 10.1 Å². The zero-order valence-corrected chi connectivity index (χ0v) is 13.1. The number of benzene rings is 1. The Morgan fingerprint density at radius 3 is 2.74 bits per heavy atom. The second kappa shape index (κ2) is 7.15. The van der Waals surface area contributed by atoms with E-state index in [2.05, 4.69) is 22.9 Å². The average Bonchev–Trinajstić information content (AvgIpc) is 2.83. The molecule has 0 aromatic heterocycles. The molecule has 0 amide bonds. The maximum atomic E-state index is 5.86. The second-order valence-electron chi connectivity index (χ2n) is 4.80. The van der Waals surface area contributed by atoms with Crippen LogP contribution in [0.1, 0.15) is 32.3 Å². The smallest absolute Gasteiger partial charge is 0.161 e. The molecule has 0 spiro atoms. The molecular formula is C15H21BrO3. The van der Waals surface area contributed by atoms with Crippen molar-refractivity contribution in [3.8, 4) is 11.5 Å². The molecule has 0 saturated carbocycles. The first-order chi connectivity index (χ1) is 9.22. The van der Waals surface area contributed by atoms with E-state index in [1.54, 1.807) is 0 Å². The Kier molecular flexibility index (Phi) is 5.52. The first-order valence-electron chi connectivity index (χ1n) is 6.83. The van der Waals surface area contributed by atoms with Crippen molar-refractivity contribution in [1.29, 1.82) is 0 Å². The van der Waals surface area contributed by atoms with Gasteiger partial charge in [0.2, 0.25) is 0 Å². The molecular weight excluding hydrogens is 308 g/mol. The van der Waals surface area contributed by atoms with Gasteiger partial charge < -0.3 is 14.2 Å². The molecule has 1 saturated heterocycles. The Morgan fingerprint density at radius 1 is 1.26 bits per heavy atom. The Balaban J connectivity index is 1.98. The topological polar surface area (TPSA) is 27.7 Å². The number of halogens is 1. The summed E-state index contributed by atoms with van der Waals surface area (Å²) in [5.74, 6) is 1.61. The van der Waals surface area contributed by atoms with Crippen LogP contribution in [0, 0.1) is 0 Å². The van der Waals surface area contributed by atoms with Gasteiger partial charge in [0.15, 0.2) is 11.5 Å². The highest BCUT2D eigenvalue weighted by Crippen LogP contribution is 2.30. The predicted octanol–water partition coefficient (Wildman–Crippen LogP) is 3.93. The first-order valence-corrected chi connectivity index (χ1v) is 7.95. The van der Waals surface area contributed by atoms with Gasteiger partial charge in [0, 0.05) is 5.33 Å². The van der Waals surface area contributed by atoms with Gasteiger partial charge in [-0.1, -0.05) is 22.0 Å². The van der Waals surface area contributed by atoms with Gasteiger partial charge in [-0.15, -0.1) is 0 Å². The van der Waals surface area contributed by atoms with E-state index in [-0.39, 0.29) is 6.10 Å². The minimum atomic E-state index is 0.209. The average molecular weight is 329 g/mol. The molecule has 0 N–H and O–H groups in total. The molecule has 2 atom stereocenters. The Bertz CT molecular complexity index is 408. The highest BCUT2D eigenvalue weighted by molar-refractivity contribution is 9.08. The molecule has 1 aromatic rings. The molecule has 4 heteroatoms. The van der Waals surface area contributed by atoms with E-state index in [0.29, 0.717) is 19.3 Å². The van der Waals surface area contributed by atoms with Crippen molar-refractivity contribution in [2.45, 2.75) is 44.2 Å². The minimum absolute atomic E-state index is 0.209. The van der Waals surface area contributed by atoms with Crippen LogP contribution >= 0.6 is 15.9 Å². The van der Waals surface area contributed by atoms with E-state index in [1.165, 1.54) is 5.56 Å². The van der Waals surface area contributed by atoms with Crippen molar-refractivity contribution in [1.82, 2.24) is 0 Å². The molecule has 1 fully saturated rings. The Morgan fingerprint density at radius 2 is 2.11 bits per heavy atom. The summed E-state index contributed by atoms with van der Waals surface area (Å²) in [5, 5.41) is 0.816. The molecule has 2 rings (SSSR count). The lowest BCUT2D eigenvalue weighted by Crippen LogP contribution is -2.18. The van der Waals surface area contributed by atoms with Gasteiger partial charge in [-0.2, -0.15) is 0 Å². The SMILES string of the molecule is CCOc1cc(CBr)ccc1OCC1CCC(C)O1. The van der Waals surface area contributed by atoms with Crippen LogP contribution in [0.25, 0.3) is 0 Å². The second-order valence-corrected chi connectivity index (χ2v) is 5.37.